The van der Waals surface area contributed by atoms with Crippen LogP contribution in [0.4, 0.5) is 4.39 Å². The summed E-state index contributed by atoms with van der Waals surface area (Å²) in [5.74, 6) is -0.445. The van der Waals surface area contributed by atoms with Crippen molar-refractivity contribution < 1.29 is 13.9 Å². The summed E-state index contributed by atoms with van der Waals surface area (Å²) >= 11 is 1.36. The number of halogens is 1. The molecule has 0 aliphatic carbocycles. The lowest BCUT2D eigenvalue weighted by Gasteiger charge is -2.06. The number of aryl methyl sites for hydroxylation is 2. The summed E-state index contributed by atoms with van der Waals surface area (Å²) in [4.78, 5) is 18.3. The summed E-state index contributed by atoms with van der Waals surface area (Å²) in [6, 6.07) is 8.48. The third-order valence-electron chi connectivity index (χ3n) is 3.73. The quantitative estimate of drug-likeness (QED) is 0.738. The van der Waals surface area contributed by atoms with Gasteiger partial charge in [-0.2, -0.15) is 0 Å². The molecule has 25 heavy (non-hydrogen) atoms. The molecule has 1 aromatic carbocycles. The van der Waals surface area contributed by atoms with Crippen molar-refractivity contribution in [3.8, 4) is 5.75 Å². The number of hydrogen-bond acceptors (Lipinski definition) is 4. The second kappa shape index (κ2) is 7.61. The van der Waals surface area contributed by atoms with Gasteiger partial charge in [0, 0.05) is 17.6 Å². The minimum Gasteiger partial charge on any atom is -0.494 e. The molecule has 0 radical (unpaired) electrons. The highest BCUT2D eigenvalue weighted by Crippen LogP contribution is 2.27. The number of nitrogens with zero attached hydrogens (tertiary/aromatic N) is 1. The van der Waals surface area contributed by atoms with E-state index in [2.05, 4.69) is 10.3 Å². The molecule has 2 aromatic heterocycles. The average molecular weight is 360 g/mol. The van der Waals surface area contributed by atoms with Crippen LogP contribution in [-0.2, 0) is 6.54 Å². The number of pyridine rings is 1. The van der Waals surface area contributed by atoms with Gasteiger partial charge in [0.05, 0.1) is 12.0 Å². The van der Waals surface area contributed by atoms with Crippen LogP contribution in [0.1, 0.15) is 33.9 Å². The first-order valence-corrected chi connectivity index (χ1v) is 8.28. The van der Waals surface area contributed by atoms with Gasteiger partial charge in [0.25, 0.3) is 5.91 Å². The Morgan fingerprint density at radius 2 is 2.04 bits per heavy atom. The number of rotatable bonds is 4. The number of amides is 1. The number of hydrogen-bond donors (Lipinski definition) is 1. The Morgan fingerprint density at radius 1 is 1.28 bits per heavy atom. The van der Waals surface area contributed by atoms with Crippen molar-refractivity contribution in [2.45, 2.75) is 27.8 Å². The Bertz CT molecular complexity index is 921. The smallest absolute Gasteiger partial charge is 0.261 e. The SMILES string of the molecule is C.COc1ccc(CNC(=O)c2cc3c(C)cc(C)nc3s2)cc1F. The van der Waals surface area contributed by atoms with Gasteiger partial charge >= 0.3 is 0 Å². The summed E-state index contributed by atoms with van der Waals surface area (Å²) in [7, 11) is 1.42. The van der Waals surface area contributed by atoms with Crippen LogP contribution in [0.2, 0.25) is 0 Å². The minimum atomic E-state index is -0.443. The molecule has 132 valence electrons. The average Bonchev–Trinajstić information content (AvgIpc) is 2.97. The Kier molecular flexibility index (Phi) is 5.74. The Balaban J connectivity index is 0.00000225. The van der Waals surface area contributed by atoms with Crippen LogP contribution >= 0.6 is 11.3 Å². The van der Waals surface area contributed by atoms with Crippen LogP contribution in [0.25, 0.3) is 10.2 Å². The van der Waals surface area contributed by atoms with Gasteiger partial charge in [-0.05, 0) is 49.2 Å². The number of nitrogens with one attached hydrogen (secondary N) is 1. The molecule has 3 aromatic rings. The van der Waals surface area contributed by atoms with Crippen LogP contribution < -0.4 is 10.1 Å². The fourth-order valence-electron chi connectivity index (χ4n) is 2.53. The third kappa shape index (κ3) is 3.96. The van der Waals surface area contributed by atoms with E-state index in [4.69, 9.17) is 4.74 Å². The lowest BCUT2D eigenvalue weighted by molar-refractivity contribution is 0.0955. The number of benzene rings is 1. The molecule has 0 aliphatic rings. The number of ether oxygens (including phenoxy) is 1. The van der Waals surface area contributed by atoms with E-state index in [1.807, 2.05) is 26.0 Å². The first kappa shape index (κ1) is 18.9. The Morgan fingerprint density at radius 3 is 2.72 bits per heavy atom. The zero-order chi connectivity index (χ0) is 17.3. The highest BCUT2D eigenvalue weighted by molar-refractivity contribution is 7.20. The highest BCUT2D eigenvalue weighted by atomic mass is 32.1. The molecule has 0 fully saturated rings. The lowest BCUT2D eigenvalue weighted by atomic mass is 10.2. The summed E-state index contributed by atoms with van der Waals surface area (Å²) in [6.07, 6.45) is 0. The molecule has 0 saturated carbocycles. The second-order valence-electron chi connectivity index (χ2n) is 5.56. The monoisotopic (exact) mass is 360 g/mol. The van der Waals surface area contributed by atoms with Crippen LogP contribution in [0.3, 0.4) is 0 Å². The van der Waals surface area contributed by atoms with Gasteiger partial charge in [0.15, 0.2) is 11.6 Å². The number of aromatic nitrogens is 1. The van der Waals surface area contributed by atoms with Crippen molar-refractivity contribution in [3.63, 3.8) is 0 Å². The van der Waals surface area contributed by atoms with E-state index in [1.54, 1.807) is 12.1 Å². The zero-order valence-electron chi connectivity index (χ0n) is 13.6. The lowest BCUT2D eigenvalue weighted by Crippen LogP contribution is -2.21. The predicted octanol–water partition coefficient (Wildman–Crippen LogP) is 4.63. The fourth-order valence-corrected chi connectivity index (χ4v) is 3.60. The molecule has 0 bridgehead atoms. The van der Waals surface area contributed by atoms with Crippen molar-refractivity contribution >= 4 is 27.5 Å². The number of thiophene rings is 1. The standard InChI is InChI=1S/C18H17FN2O2S.CH4/c1-10-6-11(2)21-18-13(10)8-16(24-18)17(22)20-9-12-4-5-15(23-3)14(19)7-12;/h4-8H,9H2,1-3H3,(H,20,22);1H4. The molecule has 1 N–H and O–H groups in total. The van der Waals surface area contributed by atoms with E-state index in [0.717, 1.165) is 21.5 Å². The van der Waals surface area contributed by atoms with Gasteiger partial charge < -0.3 is 10.1 Å². The summed E-state index contributed by atoms with van der Waals surface area (Å²) in [5.41, 5.74) is 2.71. The van der Waals surface area contributed by atoms with Gasteiger partial charge in [-0.1, -0.05) is 13.5 Å². The van der Waals surface area contributed by atoms with E-state index in [9.17, 15) is 9.18 Å². The first-order valence-electron chi connectivity index (χ1n) is 7.46. The molecule has 1 amide bonds. The Labute approximate surface area is 150 Å². The topological polar surface area (TPSA) is 51.2 Å². The molecule has 4 nitrogen and oxygen atoms in total. The van der Waals surface area contributed by atoms with Gasteiger partial charge in [-0.25, -0.2) is 9.37 Å². The summed E-state index contributed by atoms with van der Waals surface area (Å²) in [6.45, 7) is 4.19. The molecule has 0 atom stereocenters. The molecule has 0 unspecified atom stereocenters. The van der Waals surface area contributed by atoms with Crippen LogP contribution in [0, 0.1) is 19.7 Å². The Hall–Kier alpha value is -2.47. The molecule has 0 saturated heterocycles. The van der Waals surface area contributed by atoms with E-state index in [-0.39, 0.29) is 25.6 Å². The van der Waals surface area contributed by atoms with Crippen molar-refractivity contribution in [2.75, 3.05) is 7.11 Å². The highest BCUT2D eigenvalue weighted by Gasteiger charge is 2.13. The van der Waals surface area contributed by atoms with E-state index in [0.29, 0.717) is 10.4 Å². The van der Waals surface area contributed by atoms with Crippen molar-refractivity contribution in [1.29, 1.82) is 0 Å². The summed E-state index contributed by atoms with van der Waals surface area (Å²) < 4.78 is 18.6. The minimum absolute atomic E-state index is 0. The van der Waals surface area contributed by atoms with Crippen LogP contribution in [-0.4, -0.2) is 18.0 Å². The summed E-state index contributed by atoms with van der Waals surface area (Å²) in [5, 5.41) is 3.80. The molecular weight excluding hydrogens is 339 g/mol. The van der Waals surface area contributed by atoms with Gasteiger partial charge in [-0.3, -0.25) is 4.79 Å². The molecule has 3 rings (SSSR count). The van der Waals surface area contributed by atoms with E-state index >= 15 is 0 Å². The molecular formula is C19H21FN2O2S. The maximum absolute atomic E-state index is 13.7. The largest absolute Gasteiger partial charge is 0.494 e. The van der Waals surface area contributed by atoms with E-state index < -0.39 is 5.82 Å². The van der Waals surface area contributed by atoms with Crippen LogP contribution in [0.15, 0.2) is 30.3 Å². The number of carbonyl (C=O) groups is 1. The first-order chi connectivity index (χ1) is 11.5. The number of carbonyl (C=O) groups excluding carboxylic acids is 1. The molecule has 2 heterocycles. The molecule has 6 heteroatoms. The second-order valence-corrected chi connectivity index (χ2v) is 6.59. The number of fused-ring (bicyclic) bond motifs is 1. The van der Waals surface area contributed by atoms with Crippen molar-refractivity contribution in [1.82, 2.24) is 10.3 Å². The van der Waals surface area contributed by atoms with Gasteiger partial charge in [0.1, 0.15) is 4.83 Å². The van der Waals surface area contributed by atoms with Gasteiger partial charge in [0.2, 0.25) is 0 Å². The molecule has 0 spiro atoms. The normalized spacial score (nSPS) is 10.4. The zero-order valence-corrected chi connectivity index (χ0v) is 14.5. The van der Waals surface area contributed by atoms with Crippen molar-refractivity contribution in [2.24, 2.45) is 0 Å². The number of methoxy groups -OCH3 is 1. The fraction of sp³-hybridized carbons (Fsp3) is 0.263. The maximum Gasteiger partial charge on any atom is 0.261 e. The molecule has 0 aliphatic heterocycles. The van der Waals surface area contributed by atoms with Crippen LogP contribution in [0.5, 0.6) is 5.75 Å². The van der Waals surface area contributed by atoms with E-state index in [1.165, 1.54) is 24.5 Å². The van der Waals surface area contributed by atoms with Crippen molar-refractivity contribution in [3.05, 3.63) is 57.8 Å². The third-order valence-corrected chi connectivity index (χ3v) is 4.76. The maximum atomic E-state index is 13.7. The predicted molar refractivity (Wildman–Crippen MR) is 99.9 cm³/mol. The van der Waals surface area contributed by atoms with Gasteiger partial charge in [-0.15, -0.1) is 11.3 Å².